The number of rotatable bonds is 3. The Labute approximate surface area is 154 Å². The summed E-state index contributed by atoms with van der Waals surface area (Å²) in [5, 5.41) is 4.89. The van der Waals surface area contributed by atoms with E-state index in [-0.39, 0.29) is 0 Å². The summed E-state index contributed by atoms with van der Waals surface area (Å²) in [6, 6.07) is 11.0. The lowest BCUT2D eigenvalue weighted by molar-refractivity contribution is 0.0966. The Bertz CT molecular complexity index is 985. The normalized spacial score (nSPS) is 12.3. The molecule has 0 bridgehead atoms. The zero-order chi connectivity index (χ0) is 18.6. The molecule has 0 spiro atoms. The highest BCUT2D eigenvalue weighted by molar-refractivity contribution is 6.08. The van der Waals surface area contributed by atoms with Crippen molar-refractivity contribution in [2.24, 2.45) is 0 Å². The van der Waals surface area contributed by atoms with Crippen molar-refractivity contribution in [3.8, 4) is 23.0 Å². The number of aromatic nitrogens is 1. The highest BCUT2D eigenvalue weighted by Gasteiger charge is 2.16. The molecule has 3 aromatic rings. The standard InChI is InChI=1S/C19H15N3O5/c23-17(12-4-5-15-16(11-12)26-9-8-25-15)22-19(24)21-14-3-1-2-13(10-14)18-20-6-7-27-18/h1-7,10-11H,8-9H2,(H2,21,22,23,24). The molecule has 8 nitrogen and oxygen atoms in total. The minimum atomic E-state index is -0.653. The molecule has 1 aliphatic rings. The highest BCUT2D eigenvalue weighted by atomic mass is 16.6. The van der Waals surface area contributed by atoms with E-state index < -0.39 is 11.9 Å². The van der Waals surface area contributed by atoms with Gasteiger partial charge in [-0.1, -0.05) is 6.07 Å². The van der Waals surface area contributed by atoms with Crippen LogP contribution in [0.4, 0.5) is 10.5 Å². The molecular weight excluding hydrogens is 350 g/mol. The van der Waals surface area contributed by atoms with E-state index in [0.717, 1.165) is 0 Å². The van der Waals surface area contributed by atoms with Crippen molar-refractivity contribution in [3.63, 3.8) is 0 Å². The number of carbonyl (C=O) groups is 2. The second kappa shape index (κ2) is 7.20. The molecule has 27 heavy (non-hydrogen) atoms. The zero-order valence-electron chi connectivity index (χ0n) is 14.1. The van der Waals surface area contributed by atoms with Crippen LogP contribution >= 0.6 is 0 Å². The van der Waals surface area contributed by atoms with Gasteiger partial charge in [-0.15, -0.1) is 0 Å². The molecule has 136 valence electrons. The number of ether oxygens (including phenoxy) is 2. The Morgan fingerprint density at radius 2 is 1.85 bits per heavy atom. The molecule has 4 rings (SSSR count). The van der Waals surface area contributed by atoms with Gasteiger partial charge >= 0.3 is 6.03 Å². The van der Waals surface area contributed by atoms with Crippen LogP contribution in [0.1, 0.15) is 10.4 Å². The molecule has 0 aliphatic carbocycles. The first-order valence-electron chi connectivity index (χ1n) is 8.21. The van der Waals surface area contributed by atoms with Crippen molar-refractivity contribution >= 4 is 17.6 Å². The van der Waals surface area contributed by atoms with Crippen molar-refractivity contribution in [3.05, 3.63) is 60.5 Å². The van der Waals surface area contributed by atoms with Gasteiger partial charge in [0.1, 0.15) is 19.5 Å². The molecule has 8 heteroatoms. The lowest BCUT2D eigenvalue weighted by Gasteiger charge is -2.18. The Hall–Kier alpha value is -3.81. The first-order chi connectivity index (χ1) is 13.2. The number of amides is 3. The lowest BCUT2D eigenvalue weighted by atomic mass is 10.2. The number of urea groups is 1. The van der Waals surface area contributed by atoms with Crippen LogP contribution < -0.4 is 20.1 Å². The van der Waals surface area contributed by atoms with Crippen LogP contribution in [0.25, 0.3) is 11.5 Å². The number of oxazole rings is 1. The fourth-order valence-electron chi connectivity index (χ4n) is 2.62. The maximum atomic E-state index is 12.3. The number of hydrogen-bond donors (Lipinski definition) is 2. The molecular formula is C19H15N3O5. The molecule has 1 aliphatic heterocycles. The van der Waals surface area contributed by atoms with E-state index in [1.54, 1.807) is 42.5 Å². The van der Waals surface area contributed by atoms with Crippen LogP contribution in [0, 0.1) is 0 Å². The average Bonchev–Trinajstić information content (AvgIpc) is 3.22. The number of carbonyl (C=O) groups excluding carboxylic acids is 2. The first kappa shape index (κ1) is 16.6. The summed E-state index contributed by atoms with van der Waals surface area (Å²) in [4.78, 5) is 28.5. The van der Waals surface area contributed by atoms with Gasteiger partial charge in [-0.3, -0.25) is 10.1 Å². The maximum absolute atomic E-state index is 12.3. The number of nitrogens with zero attached hydrogens (tertiary/aromatic N) is 1. The van der Waals surface area contributed by atoms with Gasteiger partial charge in [-0.05, 0) is 36.4 Å². The molecule has 0 saturated carbocycles. The number of nitrogens with one attached hydrogen (secondary N) is 2. The zero-order valence-corrected chi connectivity index (χ0v) is 14.1. The van der Waals surface area contributed by atoms with Crippen molar-refractivity contribution in [1.29, 1.82) is 0 Å². The summed E-state index contributed by atoms with van der Waals surface area (Å²) >= 11 is 0. The Kier molecular flexibility index (Phi) is 4.44. The van der Waals surface area contributed by atoms with Gasteiger partial charge in [-0.2, -0.15) is 0 Å². The van der Waals surface area contributed by atoms with Gasteiger partial charge in [0.2, 0.25) is 5.89 Å². The van der Waals surface area contributed by atoms with E-state index in [9.17, 15) is 9.59 Å². The van der Waals surface area contributed by atoms with Gasteiger partial charge < -0.3 is 19.2 Å². The van der Waals surface area contributed by atoms with Crippen LogP contribution in [0.5, 0.6) is 11.5 Å². The molecule has 3 amide bonds. The minimum Gasteiger partial charge on any atom is -0.486 e. The number of benzene rings is 2. The third-order valence-corrected chi connectivity index (χ3v) is 3.83. The Balaban J connectivity index is 1.42. The highest BCUT2D eigenvalue weighted by Crippen LogP contribution is 2.30. The van der Waals surface area contributed by atoms with Crippen LogP contribution in [0.2, 0.25) is 0 Å². The summed E-state index contributed by atoms with van der Waals surface area (Å²) < 4.78 is 16.1. The van der Waals surface area contributed by atoms with Gasteiger partial charge in [0.15, 0.2) is 11.5 Å². The monoisotopic (exact) mass is 365 g/mol. The molecule has 0 fully saturated rings. The van der Waals surface area contributed by atoms with Crippen molar-refractivity contribution in [2.45, 2.75) is 0 Å². The van der Waals surface area contributed by atoms with Gasteiger partial charge in [-0.25, -0.2) is 9.78 Å². The van der Waals surface area contributed by atoms with E-state index in [0.29, 0.717) is 47.4 Å². The van der Waals surface area contributed by atoms with E-state index in [1.807, 2.05) is 0 Å². The summed E-state index contributed by atoms with van der Waals surface area (Å²) in [7, 11) is 0. The molecule has 1 aromatic heterocycles. The van der Waals surface area contributed by atoms with Crippen molar-refractivity contribution < 1.29 is 23.5 Å². The predicted octanol–water partition coefficient (Wildman–Crippen LogP) is 3.07. The van der Waals surface area contributed by atoms with Crippen LogP contribution in [0.3, 0.4) is 0 Å². The van der Waals surface area contributed by atoms with Crippen molar-refractivity contribution in [1.82, 2.24) is 10.3 Å². The average molecular weight is 365 g/mol. The summed E-state index contributed by atoms with van der Waals surface area (Å²) in [5.74, 6) is 0.943. The lowest BCUT2D eigenvalue weighted by Crippen LogP contribution is -2.34. The third-order valence-electron chi connectivity index (χ3n) is 3.83. The Morgan fingerprint density at radius 1 is 1.00 bits per heavy atom. The number of anilines is 1. The predicted molar refractivity (Wildman–Crippen MR) is 95.9 cm³/mol. The van der Waals surface area contributed by atoms with Gasteiger partial charge in [0, 0.05) is 16.8 Å². The minimum absolute atomic E-state index is 0.294. The maximum Gasteiger partial charge on any atom is 0.326 e. The quantitative estimate of drug-likeness (QED) is 0.739. The van der Waals surface area contributed by atoms with Crippen LogP contribution in [-0.4, -0.2) is 30.1 Å². The van der Waals surface area contributed by atoms with E-state index in [4.69, 9.17) is 13.9 Å². The largest absolute Gasteiger partial charge is 0.486 e. The van der Waals surface area contributed by atoms with Crippen molar-refractivity contribution in [2.75, 3.05) is 18.5 Å². The van der Waals surface area contributed by atoms with E-state index in [2.05, 4.69) is 15.6 Å². The summed E-state index contributed by atoms with van der Waals surface area (Å²) in [5.41, 5.74) is 1.50. The Morgan fingerprint density at radius 3 is 2.67 bits per heavy atom. The van der Waals surface area contributed by atoms with E-state index in [1.165, 1.54) is 12.5 Å². The number of hydrogen-bond acceptors (Lipinski definition) is 6. The molecule has 2 N–H and O–H groups in total. The SMILES string of the molecule is O=C(NC(=O)c1ccc2c(c1)OCCO2)Nc1cccc(-c2ncco2)c1. The summed E-state index contributed by atoms with van der Waals surface area (Å²) in [6.45, 7) is 0.882. The topological polar surface area (TPSA) is 103 Å². The first-order valence-corrected chi connectivity index (χ1v) is 8.21. The second-order valence-corrected chi connectivity index (χ2v) is 5.68. The van der Waals surface area contributed by atoms with E-state index >= 15 is 0 Å². The molecule has 2 aromatic carbocycles. The number of fused-ring (bicyclic) bond motifs is 1. The second-order valence-electron chi connectivity index (χ2n) is 5.68. The molecule has 0 radical (unpaired) electrons. The van der Waals surface area contributed by atoms with Crippen LogP contribution in [0.15, 0.2) is 59.3 Å². The van der Waals surface area contributed by atoms with Crippen LogP contribution in [-0.2, 0) is 0 Å². The molecule has 0 saturated heterocycles. The fraction of sp³-hybridized carbons (Fsp3) is 0.105. The molecule has 0 unspecified atom stereocenters. The van der Waals surface area contributed by atoms with Gasteiger partial charge in [0.05, 0.1) is 6.20 Å². The van der Waals surface area contributed by atoms with Gasteiger partial charge in [0.25, 0.3) is 5.91 Å². The fourth-order valence-corrected chi connectivity index (χ4v) is 2.62. The summed E-state index contributed by atoms with van der Waals surface area (Å²) in [6.07, 6.45) is 3.00. The molecule has 2 heterocycles. The number of imide groups is 1. The third kappa shape index (κ3) is 3.74. The smallest absolute Gasteiger partial charge is 0.326 e. The molecule has 0 atom stereocenters.